The van der Waals surface area contributed by atoms with Crippen LogP contribution in [0.4, 0.5) is 5.69 Å². The van der Waals surface area contributed by atoms with E-state index in [1.54, 1.807) is 55.2 Å². The van der Waals surface area contributed by atoms with Gasteiger partial charge in [0.2, 0.25) is 5.89 Å². The van der Waals surface area contributed by atoms with Crippen LogP contribution in [0.3, 0.4) is 0 Å². The fraction of sp³-hybridized carbons (Fsp3) is 0.143. The van der Waals surface area contributed by atoms with Gasteiger partial charge in [-0.15, -0.1) is 0 Å². The Bertz CT molecular complexity index is 1550. The third-order valence-electron chi connectivity index (χ3n) is 5.86. The minimum Gasteiger partial charge on any atom is -0.469 e. The molecule has 0 atom stereocenters. The fourth-order valence-corrected chi connectivity index (χ4v) is 3.87. The number of amides is 2. The van der Waals surface area contributed by atoms with Gasteiger partial charge in [-0.2, -0.15) is 5.10 Å². The highest BCUT2D eigenvalue weighted by atomic mass is 16.4. The van der Waals surface area contributed by atoms with E-state index in [0.717, 1.165) is 5.56 Å². The molecular weight excluding hydrogens is 470 g/mol. The van der Waals surface area contributed by atoms with Crippen molar-refractivity contribution in [2.24, 2.45) is 0 Å². The van der Waals surface area contributed by atoms with E-state index in [4.69, 9.17) is 8.83 Å². The average Bonchev–Trinajstić information content (AvgIpc) is 3.63. The van der Waals surface area contributed by atoms with Crippen LogP contribution >= 0.6 is 0 Å². The number of carbonyl (C=O) groups is 2. The summed E-state index contributed by atoms with van der Waals surface area (Å²) in [7, 11) is 0. The van der Waals surface area contributed by atoms with Crippen molar-refractivity contribution in [3.05, 3.63) is 113 Å². The lowest BCUT2D eigenvalue weighted by atomic mass is 10.2. The van der Waals surface area contributed by atoms with Crippen LogP contribution < -0.4 is 10.6 Å². The van der Waals surface area contributed by atoms with Gasteiger partial charge in [0.25, 0.3) is 11.8 Å². The summed E-state index contributed by atoms with van der Waals surface area (Å²) in [6.07, 6.45) is 4.74. The third-order valence-corrected chi connectivity index (χ3v) is 5.86. The lowest BCUT2D eigenvalue weighted by Gasteiger charge is -2.05. The number of hydrogen-bond acceptors (Lipinski definition) is 6. The summed E-state index contributed by atoms with van der Waals surface area (Å²) in [5.74, 6) is 1.03. The molecule has 0 fully saturated rings. The zero-order valence-electron chi connectivity index (χ0n) is 20.4. The van der Waals surface area contributed by atoms with E-state index in [-0.39, 0.29) is 18.4 Å². The van der Waals surface area contributed by atoms with E-state index in [0.29, 0.717) is 52.0 Å². The van der Waals surface area contributed by atoms with Gasteiger partial charge in [-0.25, -0.2) is 4.98 Å². The summed E-state index contributed by atoms with van der Waals surface area (Å²) in [5, 5.41) is 10.0. The van der Waals surface area contributed by atoms with Gasteiger partial charge in [0.1, 0.15) is 17.2 Å². The first-order chi connectivity index (χ1) is 18.0. The number of benzene rings is 2. The number of hydrogen-bond donors (Lipinski definition) is 2. The number of carbonyl (C=O) groups excluding carboxylic acids is 2. The van der Waals surface area contributed by atoms with Gasteiger partial charge in [0.15, 0.2) is 0 Å². The predicted molar refractivity (Wildman–Crippen MR) is 137 cm³/mol. The van der Waals surface area contributed by atoms with Crippen LogP contribution in [0.2, 0.25) is 0 Å². The molecule has 0 unspecified atom stereocenters. The summed E-state index contributed by atoms with van der Waals surface area (Å²) in [6, 6.07) is 18.8. The number of nitrogens with one attached hydrogen (secondary N) is 2. The van der Waals surface area contributed by atoms with Crippen LogP contribution in [0.1, 0.15) is 43.5 Å². The second-order valence-electron chi connectivity index (χ2n) is 8.54. The lowest BCUT2D eigenvalue weighted by Crippen LogP contribution is -2.23. The molecule has 5 rings (SSSR count). The Morgan fingerprint density at radius 2 is 1.81 bits per heavy atom. The van der Waals surface area contributed by atoms with E-state index in [1.165, 1.54) is 6.26 Å². The van der Waals surface area contributed by atoms with Crippen LogP contribution in [0, 0.1) is 13.8 Å². The molecule has 0 radical (unpaired) electrons. The second kappa shape index (κ2) is 10.4. The van der Waals surface area contributed by atoms with E-state index in [2.05, 4.69) is 20.7 Å². The molecule has 0 saturated heterocycles. The number of aromatic nitrogens is 3. The molecule has 186 valence electrons. The molecule has 0 bridgehead atoms. The standard InChI is InChI=1S/C28H25N5O4/c1-18-24(11-12-36-18)27(35)31-23-10-6-9-21(13-23)28-32-25(19(2)37-28)15-29-26(34)22-14-30-33(17-22)16-20-7-4-3-5-8-20/h3-14,17H,15-16H2,1-2H3,(H,29,34)(H,31,35). The zero-order valence-corrected chi connectivity index (χ0v) is 20.4. The highest BCUT2D eigenvalue weighted by Crippen LogP contribution is 2.25. The highest BCUT2D eigenvalue weighted by molar-refractivity contribution is 6.05. The van der Waals surface area contributed by atoms with Gasteiger partial charge in [-0.3, -0.25) is 14.3 Å². The molecule has 2 N–H and O–H groups in total. The van der Waals surface area contributed by atoms with Crippen molar-refractivity contribution >= 4 is 17.5 Å². The molecule has 9 nitrogen and oxygen atoms in total. The van der Waals surface area contributed by atoms with Gasteiger partial charge in [-0.05, 0) is 43.7 Å². The maximum atomic E-state index is 12.7. The van der Waals surface area contributed by atoms with Gasteiger partial charge < -0.3 is 19.5 Å². The van der Waals surface area contributed by atoms with Crippen molar-refractivity contribution in [2.45, 2.75) is 26.9 Å². The molecule has 2 amide bonds. The first kappa shape index (κ1) is 23.8. The van der Waals surface area contributed by atoms with Crippen molar-refractivity contribution in [2.75, 3.05) is 5.32 Å². The minimum atomic E-state index is -0.262. The lowest BCUT2D eigenvalue weighted by molar-refractivity contribution is 0.0949. The molecule has 2 aromatic carbocycles. The van der Waals surface area contributed by atoms with Crippen LogP contribution in [0.15, 0.2) is 88.2 Å². The van der Waals surface area contributed by atoms with Gasteiger partial charge in [0, 0.05) is 17.4 Å². The van der Waals surface area contributed by atoms with Crippen LogP contribution in [0.5, 0.6) is 0 Å². The normalized spacial score (nSPS) is 10.9. The van der Waals surface area contributed by atoms with E-state index in [9.17, 15) is 9.59 Å². The molecule has 0 aliphatic carbocycles. The number of nitrogens with zero attached hydrogens (tertiary/aromatic N) is 3. The van der Waals surface area contributed by atoms with Crippen molar-refractivity contribution in [3.63, 3.8) is 0 Å². The molecule has 0 aliphatic rings. The largest absolute Gasteiger partial charge is 0.469 e. The number of oxazole rings is 1. The first-order valence-corrected chi connectivity index (χ1v) is 11.7. The summed E-state index contributed by atoms with van der Waals surface area (Å²) in [6.45, 7) is 4.32. The Morgan fingerprint density at radius 1 is 0.973 bits per heavy atom. The maximum absolute atomic E-state index is 12.7. The molecule has 0 spiro atoms. The summed E-state index contributed by atoms with van der Waals surface area (Å²) in [5.41, 5.74) is 3.95. The number of aryl methyl sites for hydroxylation is 2. The highest BCUT2D eigenvalue weighted by Gasteiger charge is 2.16. The van der Waals surface area contributed by atoms with Crippen molar-refractivity contribution < 1.29 is 18.4 Å². The number of rotatable bonds is 8. The second-order valence-corrected chi connectivity index (χ2v) is 8.54. The molecule has 37 heavy (non-hydrogen) atoms. The summed E-state index contributed by atoms with van der Waals surface area (Å²) < 4.78 is 12.8. The van der Waals surface area contributed by atoms with E-state index < -0.39 is 0 Å². The number of furan rings is 1. The van der Waals surface area contributed by atoms with Crippen LogP contribution in [-0.2, 0) is 13.1 Å². The Kier molecular flexibility index (Phi) is 6.67. The molecule has 0 saturated carbocycles. The number of anilines is 1. The molecular formula is C28H25N5O4. The maximum Gasteiger partial charge on any atom is 0.259 e. The van der Waals surface area contributed by atoms with E-state index >= 15 is 0 Å². The SMILES string of the molecule is Cc1occc1C(=O)Nc1cccc(-c2nc(CNC(=O)c3cnn(Cc4ccccc4)c3)c(C)o2)c1. The average molecular weight is 496 g/mol. The fourth-order valence-electron chi connectivity index (χ4n) is 3.87. The van der Waals surface area contributed by atoms with Crippen LogP contribution in [-0.4, -0.2) is 26.6 Å². The molecule has 0 aliphatic heterocycles. The van der Waals surface area contributed by atoms with Gasteiger partial charge >= 0.3 is 0 Å². The van der Waals surface area contributed by atoms with Crippen molar-refractivity contribution in [1.29, 1.82) is 0 Å². The molecule has 3 heterocycles. The molecule has 3 aromatic heterocycles. The first-order valence-electron chi connectivity index (χ1n) is 11.7. The Morgan fingerprint density at radius 3 is 2.59 bits per heavy atom. The van der Waals surface area contributed by atoms with E-state index in [1.807, 2.05) is 36.4 Å². The Hall–Kier alpha value is -4.92. The summed E-state index contributed by atoms with van der Waals surface area (Å²) >= 11 is 0. The van der Waals surface area contributed by atoms with Crippen molar-refractivity contribution in [3.8, 4) is 11.5 Å². The minimum absolute atomic E-state index is 0.203. The smallest absolute Gasteiger partial charge is 0.259 e. The molecule has 5 aromatic rings. The quantitative estimate of drug-likeness (QED) is 0.314. The summed E-state index contributed by atoms with van der Waals surface area (Å²) in [4.78, 5) is 29.7. The molecule has 9 heteroatoms. The van der Waals surface area contributed by atoms with Gasteiger partial charge in [0.05, 0.1) is 36.7 Å². The third kappa shape index (κ3) is 5.51. The van der Waals surface area contributed by atoms with Gasteiger partial charge in [-0.1, -0.05) is 36.4 Å². The Balaban J connectivity index is 1.22. The Labute approximate surface area is 213 Å². The van der Waals surface area contributed by atoms with Crippen LogP contribution in [0.25, 0.3) is 11.5 Å². The zero-order chi connectivity index (χ0) is 25.8. The van der Waals surface area contributed by atoms with Crippen molar-refractivity contribution in [1.82, 2.24) is 20.1 Å². The topological polar surface area (TPSA) is 115 Å². The monoisotopic (exact) mass is 495 g/mol. The predicted octanol–water partition coefficient (Wildman–Crippen LogP) is 4.98.